The molecule has 14 heavy (non-hydrogen) atoms. The highest BCUT2D eigenvalue weighted by atomic mass is 19.1. The van der Waals surface area contributed by atoms with Crippen LogP contribution in [0.2, 0.25) is 0 Å². The van der Waals surface area contributed by atoms with Gasteiger partial charge in [0.05, 0.1) is 6.20 Å². The Bertz CT molecular complexity index is 330. The molecule has 0 fully saturated rings. The molecule has 1 unspecified atom stereocenters. The summed E-state index contributed by atoms with van der Waals surface area (Å²) in [6, 6.07) is 1.54. The summed E-state index contributed by atoms with van der Waals surface area (Å²) in [6.07, 6.45) is 8.47. The van der Waals surface area contributed by atoms with Crippen molar-refractivity contribution in [3.05, 3.63) is 29.8 Å². The van der Waals surface area contributed by atoms with Crippen LogP contribution in [0.15, 0.2) is 18.5 Å². The first-order chi connectivity index (χ1) is 6.79. The van der Waals surface area contributed by atoms with Gasteiger partial charge in [0.25, 0.3) is 0 Å². The molecule has 1 rings (SSSR count). The van der Waals surface area contributed by atoms with E-state index in [2.05, 4.69) is 16.2 Å². The van der Waals surface area contributed by atoms with Gasteiger partial charge in [-0.2, -0.15) is 0 Å². The van der Waals surface area contributed by atoms with E-state index in [9.17, 15) is 4.39 Å². The molecule has 1 N–H and O–H groups in total. The summed E-state index contributed by atoms with van der Waals surface area (Å²) in [6.45, 7) is 2.72. The van der Waals surface area contributed by atoms with Crippen LogP contribution in [0.4, 0.5) is 4.39 Å². The lowest BCUT2D eigenvalue weighted by atomic mass is 10.1. The first-order valence-electron chi connectivity index (χ1n) is 4.55. The van der Waals surface area contributed by atoms with E-state index in [0.717, 1.165) is 6.54 Å². The standard InChI is InChI=1S/C11H13FN2/c1-3-5-11(14-4-2)9-6-7-13-8-10(9)12/h1,6-8,11,14H,4-5H2,2H3. The smallest absolute Gasteiger partial charge is 0.146 e. The molecule has 1 heterocycles. The van der Waals surface area contributed by atoms with Crippen LogP contribution in [0.3, 0.4) is 0 Å². The zero-order valence-corrected chi connectivity index (χ0v) is 8.13. The third-order valence-corrected chi connectivity index (χ3v) is 1.95. The summed E-state index contributed by atoms with van der Waals surface area (Å²) in [4.78, 5) is 3.69. The predicted molar refractivity (Wildman–Crippen MR) is 54.1 cm³/mol. The van der Waals surface area contributed by atoms with Crippen molar-refractivity contribution >= 4 is 0 Å². The summed E-state index contributed by atoms with van der Waals surface area (Å²) in [7, 11) is 0. The summed E-state index contributed by atoms with van der Waals surface area (Å²) in [5.41, 5.74) is 0.583. The normalized spacial score (nSPS) is 12.1. The molecule has 0 saturated carbocycles. The van der Waals surface area contributed by atoms with Crippen LogP contribution >= 0.6 is 0 Å². The minimum absolute atomic E-state index is 0.118. The lowest BCUT2D eigenvalue weighted by Crippen LogP contribution is -2.21. The number of terminal acetylenes is 1. The molecule has 0 aliphatic carbocycles. The van der Waals surface area contributed by atoms with Crippen molar-refractivity contribution in [2.24, 2.45) is 0 Å². The van der Waals surface area contributed by atoms with Crippen LogP contribution < -0.4 is 5.32 Å². The monoisotopic (exact) mass is 192 g/mol. The number of nitrogens with zero attached hydrogens (tertiary/aromatic N) is 1. The van der Waals surface area contributed by atoms with E-state index in [1.165, 1.54) is 6.20 Å². The number of nitrogens with one attached hydrogen (secondary N) is 1. The largest absolute Gasteiger partial charge is 0.309 e. The van der Waals surface area contributed by atoms with E-state index < -0.39 is 0 Å². The molecule has 0 aromatic carbocycles. The number of pyridine rings is 1. The fraction of sp³-hybridized carbons (Fsp3) is 0.364. The minimum Gasteiger partial charge on any atom is -0.309 e. The van der Waals surface area contributed by atoms with Gasteiger partial charge in [0.1, 0.15) is 5.82 Å². The van der Waals surface area contributed by atoms with Crippen LogP contribution in [0.5, 0.6) is 0 Å². The van der Waals surface area contributed by atoms with Crippen LogP contribution in [0.25, 0.3) is 0 Å². The molecule has 1 aromatic rings. The van der Waals surface area contributed by atoms with Crippen molar-refractivity contribution < 1.29 is 4.39 Å². The van der Waals surface area contributed by atoms with E-state index >= 15 is 0 Å². The molecule has 0 aliphatic rings. The molecule has 0 bridgehead atoms. The van der Waals surface area contributed by atoms with E-state index in [-0.39, 0.29) is 11.9 Å². The Hall–Kier alpha value is -1.40. The zero-order chi connectivity index (χ0) is 10.4. The lowest BCUT2D eigenvalue weighted by molar-refractivity contribution is 0.517. The molecule has 1 aromatic heterocycles. The molecular weight excluding hydrogens is 179 g/mol. The number of hydrogen-bond donors (Lipinski definition) is 1. The predicted octanol–water partition coefficient (Wildman–Crippen LogP) is 1.89. The van der Waals surface area contributed by atoms with Gasteiger partial charge in [-0.15, -0.1) is 12.3 Å². The number of halogens is 1. The Morgan fingerprint density at radius 2 is 2.50 bits per heavy atom. The van der Waals surface area contributed by atoms with Crippen molar-refractivity contribution in [3.63, 3.8) is 0 Å². The summed E-state index contributed by atoms with van der Waals surface area (Å²) < 4.78 is 13.3. The molecule has 0 radical (unpaired) electrons. The number of rotatable bonds is 4. The van der Waals surface area contributed by atoms with E-state index in [1.54, 1.807) is 12.3 Å². The van der Waals surface area contributed by atoms with Gasteiger partial charge in [-0.25, -0.2) is 4.39 Å². The number of hydrogen-bond acceptors (Lipinski definition) is 2. The Labute approximate surface area is 83.6 Å². The molecule has 0 saturated heterocycles. The van der Waals surface area contributed by atoms with Gasteiger partial charge in [0, 0.05) is 24.2 Å². The lowest BCUT2D eigenvalue weighted by Gasteiger charge is -2.15. The average molecular weight is 192 g/mol. The van der Waals surface area contributed by atoms with Crippen LogP contribution in [-0.4, -0.2) is 11.5 Å². The molecule has 0 spiro atoms. The van der Waals surface area contributed by atoms with Crippen LogP contribution in [0.1, 0.15) is 24.9 Å². The molecular formula is C11H13FN2. The van der Waals surface area contributed by atoms with E-state index in [0.29, 0.717) is 12.0 Å². The quantitative estimate of drug-likeness (QED) is 0.737. The maximum atomic E-state index is 13.3. The van der Waals surface area contributed by atoms with Gasteiger partial charge >= 0.3 is 0 Å². The summed E-state index contributed by atoms with van der Waals surface area (Å²) in [5, 5.41) is 3.13. The number of aromatic nitrogens is 1. The van der Waals surface area contributed by atoms with Crippen LogP contribution in [0, 0.1) is 18.2 Å². The second kappa shape index (κ2) is 5.36. The third kappa shape index (κ3) is 2.54. The molecule has 3 heteroatoms. The third-order valence-electron chi connectivity index (χ3n) is 1.95. The van der Waals surface area contributed by atoms with Gasteiger partial charge in [0.15, 0.2) is 0 Å². The molecule has 0 aliphatic heterocycles. The van der Waals surface area contributed by atoms with Crippen LogP contribution in [-0.2, 0) is 0 Å². The molecule has 1 atom stereocenters. The second-order valence-corrected chi connectivity index (χ2v) is 2.92. The Morgan fingerprint density at radius 1 is 1.71 bits per heavy atom. The van der Waals surface area contributed by atoms with Gasteiger partial charge in [0.2, 0.25) is 0 Å². The average Bonchev–Trinajstić information content (AvgIpc) is 2.18. The van der Waals surface area contributed by atoms with Crippen molar-refractivity contribution in [2.75, 3.05) is 6.54 Å². The SMILES string of the molecule is C#CCC(NCC)c1ccncc1F. The van der Waals surface area contributed by atoms with Gasteiger partial charge in [-0.05, 0) is 12.6 Å². The van der Waals surface area contributed by atoms with Gasteiger partial charge in [-0.1, -0.05) is 6.92 Å². The Morgan fingerprint density at radius 3 is 3.07 bits per heavy atom. The maximum Gasteiger partial charge on any atom is 0.146 e. The molecule has 0 amide bonds. The topological polar surface area (TPSA) is 24.9 Å². The van der Waals surface area contributed by atoms with Gasteiger partial charge in [-0.3, -0.25) is 4.98 Å². The highest BCUT2D eigenvalue weighted by molar-refractivity contribution is 5.19. The maximum absolute atomic E-state index is 13.3. The highest BCUT2D eigenvalue weighted by Gasteiger charge is 2.12. The minimum atomic E-state index is -0.311. The van der Waals surface area contributed by atoms with Gasteiger partial charge < -0.3 is 5.32 Å². The second-order valence-electron chi connectivity index (χ2n) is 2.92. The van der Waals surface area contributed by atoms with Crippen molar-refractivity contribution in [3.8, 4) is 12.3 Å². The van der Waals surface area contributed by atoms with Crippen molar-refractivity contribution in [1.29, 1.82) is 0 Å². The van der Waals surface area contributed by atoms with E-state index in [4.69, 9.17) is 6.42 Å². The molecule has 2 nitrogen and oxygen atoms in total. The first kappa shape index (κ1) is 10.7. The highest BCUT2D eigenvalue weighted by Crippen LogP contribution is 2.18. The van der Waals surface area contributed by atoms with Crippen molar-refractivity contribution in [1.82, 2.24) is 10.3 Å². The summed E-state index contributed by atoms with van der Waals surface area (Å²) >= 11 is 0. The zero-order valence-electron chi connectivity index (χ0n) is 8.13. The summed E-state index contributed by atoms with van der Waals surface area (Å²) in [5.74, 6) is 2.22. The van der Waals surface area contributed by atoms with Crippen molar-refractivity contribution in [2.45, 2.75) is 19.4 Å². The van der Waals surface area contributed by atoms with E-state index in [1.807, 2.05) is 6.92 Å². The first-order valence-corrected chi connectivity index (χ1v) is 4.55. The Kier molecular flexibility index (Phi) is 4.09. The molecule has 74 valence electrons. The fourth-order valence-electron chi connectivity index (χ4n) is 1.32. The fourth-order valence-corrected chi connectivity index (χ4v) is 1.32. The Balaban J connectivity index is 2.88.